The number of rotatable bonds is 3. The molecule has 1 aromatic heterocycles. The van der Waals surface area contributed by atoms with E-state index in [9.17, 15) is 0 Å². The largest absolute Gasteiger partial charge is 0.379 e. The van der Waals surface area contributed by atoms with Gasteiger partial charge in [0.15, 0.2) is 0 Å². The van der Waals surface area contributed by atoms with Crippen LogP contribution in [0.5, 0.6) is 0 Å². The Kier molecular flexibility index (Phi) is 4.26. The lowest BCUT2D eigenvalue weighted by Crippen LogP contribution is -2.01. The number of hydrogen-bond donors (Lipinski definition) is 1. The Balaban J connectivity index is 2.13. The zero-order chi connectivity index (χ0) is 12.3. The van der Waals surface area contributed by atoms with Gasteiger partial charge in [-0.1, -0.05) is 35.3 Å². The molecular weight excluding hydrogens is 323 g/mol. The summed E-state index contributed by atoms with van der Waals surface area (Å²) in [6, 6.07) is 9.39. The second-order valence-corrected chi connectivity index (χ2v) is 4.94. The molecule has 17 heavy (non-hydrogen) atoms. The first-order valence-corrected chi connectivity index (χ1v) is 6.50. The predicted octanol–water partition coefficient (Wildman–Crippen LogP) is 4.76. The molecule has 0 aliphatic rings. The molecule has 0 fully saturated rings. The van der Waals surface area contributed by atoms with E-state index in [1.807, 2.05) is 24.3 Å². The average molecular weight is 332 g/mol. The van der Waals surface area contributed by atoms with Gasteiger partial charge in [-0.3, -0.25) is 0 Å². The van der Waals surface area contributed by atoms with Gasteiger partial charge in [-0.05, 0) is 39.7 Å². The number of anilines is 1. The lowest BCUT2D eigenvalue weighted by atomic mass is 10.2. The maximum absolute atomic E-state index is 6.10. The van der Waals surface area contributed by atoms with Crippen LogP contribution in [0.25, 0.3) is 0 Å². The number of nitrogens with zero attached hydrogens (tertiary/aromatic N) is 1. The van der Waals surface area contributed by atoms with Gasteiger partial charge < -0.3 is 5.32 Å². The Labute approximate surface area is 118 Å². The van der Waals surface area contributed by atoms with E-state index in [0.717, 1.165) is 15.9 Å². The van der Waals surface area contributed by atoms with E-state index in [1.54, 1.807) is 12.3 Å². The molecular formula is C12H9BrCl2N2. The molecule has 0 saturated heterocycles. The molecule has 0 amide bonds. The molecule has 0 bridgehead atoms. The third-order valence-corrected chi connectivity index (χ3v) is 3.75. The van der Waals surface area contributed by atoms with Crippen LogP contribution in [0.4, 0.5) is 5.69 Å². The zero-order valence-corrected chi connectivity index (χ0v) is 11.9. The highest BCUT2D eigenvalue weighted by Crippen LogP contribution is 2.27. The van der Waals surface area contributed by atoms with E-state index in [4.69, 9.17) is 23.2 Å². The maximum Gasteiger partial charge on any atom is 0.129 e. The fraction of sp³-hybridized carbons (Fsp3) is 0.0833. The van der Waals surface area contributed by atoms with Crippen LogP contribution in [0.1, 0.15) is 5.56 Å². The van der Waals surface area contributed by atoms with Gasteiger partial charge in [-0.15, -0.1) is 0 Å². The summed E-state index contributed by atoms with van der Waals surface area (Å²) >= 11 is 15.4. The van der Waals surface area contributed by atoms with Crippen LogP contribution in [0.3, 0.4) is 0 Å². The van der Waals surface area contributed by atoms with Crippen molar-refractivity contribution in [2.45, 2.75) is 6.54 Å². The Hall–Kier alpha value is -0.770. The van der Waals surface area contributed by atoms with Crippen molar-refractivity contribution in [1.82, 2.24) is 4.98 Å². The molecule has 0 aliphatic carbocycles. The van der Waals surface area contributed by atoms with Gasteiger partial charge in [-0.2, -0.15) is 0 Å². The number of aromatic nitrogens is 1. The van der Waals surface area contributed by atoms with Gasteiger partial charge in [0.25, 0.3) is 0 Å². The van der Waals surface area contributed by atoms with E-state index in [2.05, 4.69) is 26.2 Å². The first-order valence-electron chi connectivity index (χ1n) is 4.96. The lowest BCUT2D eigenvalue weighted by molar-refractivity contribution is 1.13. The van der Waals surface area contributed by atoms with Gasteiger partial charge >= 0.3 is 0 Å². The number of halogens is 3. The first kappa shape index (κ1) is 12.7. The molecule has 2 rings (SSSR count). The summed E-state index contributed by atoms with van der Waals surface area (Å²) in [5.74, 6) is 0. The van der Waals surface area contributed by atoms with Crippen LogP contribution < -0.4 is 5.32 Å². The fourth-order valence-electron chi connectivity index (χ4n) is 1.39. The van der Waals surface area contributed by atoms with Crippen molar-refractivity contribution < 1.29 is 0 Å². The van der Waals surface area contributed by atoms with Crippen molar-refractivity contribution in [2.24, 2.45) is 0 Å². The number of benzene rings is 1. The van der Waals surface area contributed by atoms with E-state index in [1.165, 1.54) is 0 Å². The van der Waals surface area contributed by atoms with Gasteiger partial charge in [0, 0.05) is 12.7 Å². The highest BCUT2D eigenvalue weighted by Gasteiger charge is 2.05. The van der Waals surface area contributed by atoms with Gasteiger partial charge in [-0.25, -0.2) is 4.98 Å². The zero-order valence-electron chi connectivity index (χ0n) is 8.75. The quantitative estimate of drug-likeness (QED) is 0.820. The van der Waals surface area contributed by atoms with Crippen LogP contribution in [-0.2, 0) is 6.54 Å². The van der Waals surface area contributed by atoms with Crippen LogP contribution >= 0.6 is 39.1 Å². The van der Waals surface area contributed by atoms with Crippen molar-refractivity contribution in [2.75, 3.05) is 5.32 Å². The van der Waals surface area contributed by atoms with Gasteiger partial charge in [0.2, 0.25) is 0 Å². The van der Waals surface area contributed by atoms with Crippen LogP contribution in [-0.4, -0.2) is 4.98 Å². The first-order chi connectivity index (χ1) is 8.18. The summed E-state index contributed by atoms with van der Waals surface area (Å²) in [4.78, 5) is 4.13. The Bertz CT molecular complexity index is 532. The summed E-state index contributed by atoms with van der Waals surface area (Å²) in [6.45, 7) is 0.601. The molecule has 0 radical (unpaired) electrons. The number of pyridine rings is 1. The molecule has 0 spiro atoms. The minimum absolute atomic E-state index is 0.566. The van der Waals surface area contributed by atoms with Crippen LogP contribution in [0.2, 0.25) is 10.0 Å². The van der Waals surface area contributed by atoms with E-state index >= 15 is 0 Å². The number of nitrogens with one attached hydrogen (secondary N) is 1. The molecule has 0 saturated carbocycles. The molecule has 5 heteroatoms. The molecule has 1 heterocycles. The van der Waals surface area contributed by atoms with Crippen molar-refractivity contribution >= 4 is 44.8 Å². The standard InChI is InChI=1S/C12H9BrCl2N2/c13-12-10(5-2-6-16-12)17-7-8-3-1-4-9(14)11(8)15/h1-6,17H,7H2. The van der Waals surface area contributed by atoms with E-state index < -0.39 is 0 Å². The maximum atomic E-state index is 6.10. The minimum atomic E-state index is 0.566. The van der Waals surface area contributed by atoms with Crippen LogP contribution in [0.15, 0.2) is 41.1 Å². The second kappa shape index (κ2) is 5.71. The third-order valence-electron chi connectivity index (χ3n) is 2.26. The summed E-state index contributed by atoms with van der Waals surface area (Å²) < 4.78 is 0.776. The van der Waals surface area contributed by atoms with Crippen LogP contribution in [0, 0.1) is 0 Å². The minimum Gasteiger partial charge on any atom is -0.379 e. The molecule has 2 aromatic rings. The van der Waals surface area contributed by atoms with Crippen molar-refractivity contribution in [3.8, 4) is 0 Å². The Morgan fingerprint density at radius 1 is 1.18 bits per heavy atom. The molecule has 0 unspecified atom stereocenters. The molecule has 0 atom stereocenters. The molecule has 1 aromatic carbocycles. The normalized spacial score (nSPS) is 10.3. The molecule has 88 valence electrons. The highest BCUT2D eigenvalue weighted by atomic mass is 79.9. The van der Waals surface area contributed by atoms with Gasteiger partial charge in [0.05, 0.1) is 15.7 Å². The predicted molar refractivity (Wildman–Crippen MR) is 75.7 cm³/mol. The highest BCUT2D eigenvalue weighted by molar-refractivity contribution is 9.10. The Morgan fingerprint density at radius 3 is 2.76 bits per heavy atom. The average Bonchev–Trinajstić information content (AvgIpc) is 2.33. The lowest BCUT2D eigenvalue weighted by Gasteiger charge is -2.09. The molecule has 1 N–H and O–H groups in total. The van der Waals surface area contributed by atoms with Crippen molar-refractivity contribution in [1.29, 1.82) is 0 Å². The topological polar surface area (TPSA) is 24.9 Å². The Morgan fingerprint density at radius 2 is 2.00 bits per heavy atom. The van der Waals surface area contributed by atoms with Crippen molar-refractivity contribution in [3.63, 3.8) is 0 Å². The summed E-state index contributed by atoms with van der Waals surface area (Å²) in [6.07, 6.45) is 1.72. The molecule has 0 aliphatic heterocycles. The smallest absolute Gasteiger partial charge is 0.129 e. The number of hydrogen-bond acceptors (Lipinski definition) is 2. The summed E-state index contributed by atoms with van der Waals surface area (Å²) in [7, 11) is 0. The SMILES string of the molecule is Clc1cccc(CNc2cccnc2Br)c1Cl. The van der Waals surface area contributed by atoms with Crippen molar-refractivity contribution in [3.05, 3.63) is 56.7 Å². The van der Waals surface area contributed by atoms with Gasteiger partial charge in [0.1, 0.15) is 4.60 Å². The fourth-order valence-corrected chi connectivity index (χ4v) is 2.17. The second-order valence-electron chi connectivity index (χ2n) is 3.41. The summed E-state index contributed by atoms with van der Waals surface area (Å²) in [5.41, 5.74) is 1.87. The monoisotopic (exact) mass is 330 g/mol. The van der Waals surface area contributed by atoms with E-state index in [-0.39, 0.29) is 0 Å². The summed E-state index contributed by atoms with van der Waals surface area (Å²) in [5, 5.41) is 4.40. The molecule has 2 nitrogen and oxygen atoms in total. The van der Waals surface area contributed by atoms with E-state index in [0.29, 0.717) is 16.6 Å². The third kappa shape index (κ3) is 3.12.